The number of carbonyl (C=O) groups excluding carboxylic acids is 1. The molecule has 1 aliphatic heterocycles. The number of thioether (sulfide) groups is 1. The van der Waals surface area contributed by atoms with Crippen molar-refractivity contribution < 1.29 is 14.4 Å². The minimum Gasteiger partial charge on any atom is -0.466 e. The number of benzene rings is 1. The van der Waals surface area contributed by atoms with E-state index in [-0.39, 0.29) is 11.9 Å². The van der Waals surface area contributed by atoms with Crippen LogP contribution in [-0.2, 0) is 16.1 Å². The fourth-order valence-electron chi connectivity index (χ4n) is 2.73. The third-order valence-corrected chi connectivity index (χ3v) is 4.67. The van der Waals surface area contributed by atoms with Crippen molar-refractivity contribution in [2.24, 2.45) is 5.92 Å². The summed E-state index contributed by atoms with van der Waals surface area (Å²) in [4.78, 5) is 14.6. The molecule has 110 valence electrons. The lowest BCUT2D eigenvalue weighted by atomic mass is 9.96. The Kier molecular flexibility index (Phi) is 5.92. The minimum absolute atomic E-state index is 0.00382. The normalized spacial score (nSPS) is 22.5. The molecule has 1 heterocycles. The lowest BCUT2D eigenvalue weighted by Crippen LogP contribution is -3.11. The maximum absolute atomic E-state index is 11.7. The van der Waals surface area contributed by atoms with Crippen molar-refractivity contribution in [3.8, 4) is 0 Å². The Labute approximate surface area is 125 Å². The van der Waals surface area contributed by atoms with Crippen LogP contribution in [0.1, 0.15) is 25.3 Å². The Morgan fingerprint density at radius 3 is 2.50 bits per heavy atom. The van der Waals surface area contributed by atoms with Gasteiger partial charge in [0.2, 0.25) is 0 Å². The Balaban J connectivity index is 1.80. The van der Waals surface area contributed by atoms with E-state index >= 15 is 0 Å². The number of likely N-dealkylation sites (tertiary alicyclic amines) is 1. The zero-order valence-corrected chi connectivity index (χ0v) is 13.2. The first-order valence-corrected chi connectivity index (χ1v) is 8.58. The Bertz CT molecular complexity index is 425. The van der Waals surface area contributed by atoms with E-state index in [1.54, 1.807) is 16.7 Å². The second-order valence-electron chi connectivity index (χ2n) is 5.30. The summed E-state index contributed by atoms with van der Waals surface area (Å²) in [5.74, 6) is 0.119. The van der Waals surface area contributed by atoms with Crippen molar-refractivity contribution >= 4 is 17.7 Å². The number of quaternary nitrogens is 1. The Hall–Kier alpha value is -1.00. The lowest BCUT2D eigenvalue weighted by molar-refractivity contribution is -0.919. The van der Waals surface area contributed by atoms with Crippen molar-refractivity contribution in [3.05, 3.63) is 29.8 Å². The molecule has 2 rings (SSSR count). The molecule has 1 aliphatic rings. The van der Waals surface area contributed by atoms with Crippen LogP contribution in [-0.4, -0.2) is 31.9 Å². The van der Waals surface area contributed by atoms with Gasteiger partial charge in [0.25, 0.3) is 0 Å². The molecule has 0 unspecified atom stereocenters. The summed E-state index contributed by atoms with van der Waals surface area (Å²) in [6.45, 7) is 5.55. The number of ether oxygens (including phenoxy) is 1. The van der Waals surface area contributed by atoms with Gasteiger partial charge in [-0.05, 0) is 25.3 Å². The van der Waals surface area contributed by atoms with Gasteiger partial charge in [-0.2, -0.15) is 0 Å². The van der Waals surface area contributed by atoms with Gasteiger partial charge in [0.1, 0.15) is 6.54 Å². The SMILES string of the molecule is CCOC(=O)C1CC[NH+](Cc2ccc(SC)cc2)CC1. The summed E-state index contributed by atoms with van der Waals surface area (Å²) in [6.07, 6.45) is 4.01. The van der Waals surface area contributed by atoms with Crippen LogP contribution in [0.5, 0.6) is 0 Å². The van der Waals surface area contributed by atoms with Crippen LogP contribution < -0.4 is 4.90 Å². The van der Waals surface area contributed by atoms with Gasteiger partial charge in [-0.3, -0.25) is 4.79 Å². The predicted molar refractivity (Wildman–Crippen MR) is 82.0 cm³/mol. The summed E-state index contributed by atoms with van der Waals surface area (Å²) >= 11 is 1.77. The average molecular weight is 294 g/mol. The van der Waals surface area contributed by atoms with Crippen LogP contribution in [0.3, 0.4) is 0 Å². The van der Waals surface area contributed by atoms with E-state index in [0.717, 1.165) is 32.5 Å². The second-order valence-corrected chi connectivity index (χ2v) is 6.18. The van der Waals surface area contributed by atoms with E-state index in [4.69, 9.17) is 4.74 Å². The molecule has 0 aliphatic carbocycles. The summed E-state index contributed by atoms with van der Waals surface area (Å²) in [5, 5.41) is 0. The number of hydrogen-bond acceptors (Lipinski definition) is 3. The highest BCUT2D eigenvalue weighted by Gasteiger charge is 2.28. The number of nitrogens with one attached hydrogen (secondary N) is 1. The van der Waals surface area contributed by atoms with Gasteiger partial charge in [-0.15, -0.1) is 11.8 Å². The van der Waals surface area contributed by atoms with Crippen LogP contribution >= 0.6 is 11.8 Å². The van der Waals surface area contributed by atoms with Gasteiger partial charge >= 0.3 is 5.97 Å². The van der Waals surface area contributed by atoms with Gasteiger partial charge in [0, 0.05) is 23.3 Å². The van der Waals surface area contributed by atoms with Crippen molar-refractivity contribution in [1.82, 2.24) is 0 Å². The monoisotopic (exact) mass is 294 g/mol. The number of piperidine rings is 1. The number of rotatable bonds is 5. The summed E-state index contributed by atoms with van der Waals surface area (Å²) in [7, 11) is 0. The molecule has 0 amide bonds. The zero-order valence-electron chi connectivity index (χ0n) is 12.4. The Morgan fingerprint density at radius 1 is 1.30 bits per heavy atom. The van der Waals surface area contributed by atoms with Crippen LogP contribution in [0.25, 0.3) is 0 Å². The predicted octanol–water partition coefficient (Wildman–Crippen LogP) is 1.77. The first-order valence-electron chi connectivity index (χ1n) is 7.36. The molecule has 1 aromatic rings. The van der Waals surface area contributed by atoms with Crippen LogP contribution in [0, 0.1) is 5.92 Å². The summed E-state index contributed by atoms with van der Waals surface area (Å²) < 4.78 is 5.11. The highest BCUT2D eigenvalue weighted by atomic mass is 32.2. The third kappa shape index (κ3) is 4.25. The molecule has 1 aromatic carbocycles. The molecule has 0 aromatic heterocycles. The van der Waals surface area contributed by atoms with Gasteiger partial charge < -0.3 is 9.64 Å². The lowest BCUT2D eigenvalue weighted by Gasteiger charge is -2.28. The van der Waals surface area contributed by atoms with E-state index in [1.807, 2.05) is 6.92 Å². The zero-order chi connectivity index (χ0) is 14.4. The molecular weight excluding hydrogens is 270 g/mol. The molecule has 4 heteroatoms. The number of hydrogen-bond donors (Lipinski definition) is 1. The van der Waals surface area contributed by atoms with E-state index in [0.29, 0.717) is 6.61 Å². The fraction of sp³-hybridized carbons (Fsp3) is 0.562. The molecule has 1 fully saturated rings. The highest BCUT2D eigenvalue weighted by molar-refractivity contribution is 7.98. The Morgan fingerprint density at radius 2 is 1.95 bits per heavy atom. The highest BCUT2D eigenvalue weighted by Crippen LogP contribution is 2.15. The summed E-state index contributed by atoms with van der Waals surface area (Å²) in [5.41, 5.74) is 1.38. The van der Waals surface area contributed by atoms with Gasteiger partial charge in [-0.25, -0.2) is 0 Å². The molecular formula is C16H24NO2S+. The van der Waals surface area contributed by atoms with E-state index in [1.165, 1.54) is 10.5 Å². The topological polar surface area (TPSA) is 30.7 Å². The number of esters is 1. The molecule has 0 saturated carbocycles. The van der Waals surface area contributed by atoms with Gasteiger partial charge in [0.05, 0.1) is 25.6 Å². The average Bonchev–Trinajstić information content (AvgIpc) is 2.49. The minimum atomic E-state index is -0.00382. The quantitative estimate of drug-likeness (QED) is 0.663. The molecule has 0 bridgehead atoms. The molecule has 0 spiro atoms. The summed E-state index contributed by atoms with van der Waals surface area (Å²) in [6, 6.07) is 8.81. The maximum Gasteiger partial charge on any atom is 0.309 e. The van der Waals surface area contributed by atoms with Crippen molar-refractivity contribution in [2.45, 2.75) is 31.2 Å². The fourth-order valence-corrected chi connectivity index (χ4v) is 3.14. The molecule has 3 nitrogen and oxygen atoms in total. The van der Waals surface area contributed by atoms with Gasteiger partial charge in [0.15, 0.2) is 0 Å². The van der Waals surface area contributed by atoms with E-state index in [2.05, 4.69) is 30.5 Å². The largest absolute Gasteiger partial charge is 0.466 e. The van der Waals surface area contributed by atoms with Crippen molar-refractivity contribution in [2.75, 3.05) is 26.0 Å². The molecule has 20 heavy (non-hydrogen) atoms. The van der Waals surface area contributed by atoms with E-state index < -0.39 is 0 Å². The van der Waals surface area contributed by atoms with Crippen molar-refractivity contribution in [3.63, 3.8) is 0 Å². The second kappa shape index (κ2) is 7.70. The first-order chi connectivity index (χ1) is 9.72. The van der Waals surface area contributed by atoms with Crippen LogP contribution in [0.4, 0.5) is 0 Å². The molecule has 0 radical (unpaired) electrons. The van der Waals surface area contributed by atoms with Gasteiger partial charge in [-0.1, -0.05) is 12.1 Å². The maximum atomic E-state index is 11.7. The molecule has 0 atom stereocenters. The van der Waals surface area contributed by atoms with E-state index in [9.17, 15) is 4.79 Å². The number of carbonyl (C=O) groups is 1. The molecule has 1 N–H and O–H groups in total. The molecule has 1 saturated heterocycles. The third-order valence-electron chi connectivity index (χ3n) is 3.93. The van der Waals surface area contributed by atoms with Crippen LogP contribution in [0.2, 0.25) is 0 Å². The smallest absolute Gasteiger partial charge is 0.309 e. The first kappa shape index (κ1) is 15.4. The van der Waals surface area contributed by atoms with Crippen LogP contribution in [0.15, 0.2) is 29.2 Å². The van der Waals surface area contributed by atoms with Crippen molar-refractivity contribution in [1.29, 1.82) is 0 Å². The standard InChI is InChI=1S/C16H23NO2S/c1-3-19-16(18)14-8-10-17(11-9-14)12-13-4-6-15(20-2)7-5-13/h4-7,14H,3,8-12H2,1-2H3/p+1.